The molecule has 11 nitrogen and oxygen atoms in total. The van der Waals surface area contributed by atoms with Gasteiger partial charge in [0.05, 0.1) is 12.2 Å². The number of aryl methyl sites for hydroxylation is 1. The third-order valence-electron chi connectivity index (χ3n) is 8.49. The Morgan fingerprint density at radius 2 is 1.88 bits per heavy atom. The first-order valence-corrected chi connectivity index (χ1v) is 15.7. The molecule has 1 saturated heterocycles. The molecule has 1 unspecified atom stereocenters. The van der Waals surface area contributed by atoms with Crippen molar-refractivity contribution < 1.29 is 17.9 Å². The van der Waals surface area contributed by atoms with Gasteiger partial charge in [-0.2, -0.15) is 13.5 Å². The molecule has 12 heteroatoms. The molecular formula is C28H37N7O4S. The molecule has 1 saturated carbocycles. The Morgan fingerprint density at radius 3 is 2.70 bits per heavy atom. The quantitative estimate of drug-likeness (QED) is 0.492. The first-order chi connectivity index (χ1) is 19.2. The lowest BCUT2D eigenvalue weighted by molar-refractivity contribution is 0.0981. The van der Waals surface area contributed by atoms with E-state index in [1.54, 1.807) is 33.9 Å². The van der Waals surface area contributed by atoms with Crippen LogP contribution in [0.5, 0.6) is 5.88 Å². The number of carbonyl (C=O) groups is 1. The monoisotopic (exact) mass is 567 g/mol. The zero-order valence-electron chi connectivity index (χ0n) is 23.1. The second-order valence-electron chi connectivity index (χ2n) is 11.9. The molecule has 4 bridgehead atoms. The number of hydrogen-bond acceptors (Lipinski definition) is 8. The average Bonchev–Trinajstić information content (AvgIpc) is 3.71. The van der Waals surface area contributed by atoms with Crippen LogP contribution < -0.4 is 14.4 Å². The number of aromatic nitrogens is 5. The summed E-state index contributed by atoms with van der Waals surface area (Å²) in [5.74, 6) is 1.91. The summed E-state index contributed by atoms with van der Waals surface area (Å²) in [6.45, 7) is 6.25. The maximum absolute atomic E-state index is 13.4. The van der Waals surface area contributed by atoms with Crippen molar-refractivity contribution in [2.24, 2.45) is 11.8 Å². The van der Waals surface area contributed by atoms with E-state index >= 15 is 0 Å². The molecule has 3 aliphatic rings. The van der Waals surface area contributed by atoms with Crippen LogP contribution in [0.15, 0.2) is 41.7 Å². The SMILES string of the molecule is CC1(C)CC2CCCn3ccc(n3)S(=O)(=O)NC(=O)c3ccc(-n4ccc(OCCC5CCCC5)n4)nc3N1C2. The summed E-state index contributed by atoms with van der Waals surface area (Å²) in [5.41, 5.74) is -0.0841. The van der Waals surface area contributed by atoms with Gasteiger partial charge in [0.2, 0.25) is 5.88 Å². The van der Waals surface area contributed by atoms with Crippen molar-refractivity contribution in [1.29, 1.82) is 0 Å². The fourth-order valence-electron chi connectivity index (χ4n) is 6.43. The van der Waals surface area contributed by atoms with Gasteiger partial charge < -0.3 is 9.64 Å². The number of pyridine rings is 1. The van der Waals surface area contributed by atoms with Crippen molar-refractivity contribution in [2.75, 3.05) is 18.1 Å². The van der Waals surface area contributed by atoms with Gasteiger partial charge in [-0.3, -0.25) is 9.48 Å². The van der Waals surface area contributed by atoms with E-state index in [0.717, 1.165) is 38.1 Å². The smallest absolute Gasteiger partial charge is 0.283 e. The Kier molecular flexibility index (Phi) is 7.05. The molecule has 3 aromatic heterocycles. The topological polar surface area (TPSA) is 124 Å². The molecule has 0 radical (unpaired) electrons. The molecule has 0 spiro atoms. The molecular weight excluding hydrogens is 530 g/mol. The Morgan fingerprint density at radius 1 is 1.05 bits per heavy atom. The predicted octanol–water partition coefficient (Wildman–Crippen LogP) is 3.94. The molecule has 0 aromatic carbocycles. The Balaban J connectivity index is 1.31. The van der Waals surface area contributed by atoms with E-state index in [2.05, 4.69) is 33.7 Å². The van der Waals surface area contributed by atoms with Crippen LogP contribution in [0.4, 0.5) is 5.82 Å². The van der Waals surface area contributed by atoms with E-state index < -0.39 is 15.9 Å². The number of nitrogens with one attached hydrogen (secondary N) is 1. The third kappa shape index (κ3) is 5.45. The lowest BCUT2D eigenvalue weighted by Crippen LogP contribution is -2.41. The summed E-state index contributed by atoms with van der Waals surface area (Å²) >= 11 is 0. The summed E-state index contributed by atoms with van der Waals surface area (Å²) in [6, 6.07) is 6.54. The van der Waals surface area contributed by atoms with E-state index in [1.165, 1.54) is 31.7 Å². The van der Waals surface area contributed by atoms with Gasteiger partial charge in [-0.05, 0) is 69.6 Å². The summed E-state index contributed by atoms with van der Waals surface area (Å²) in [6.07, 6.45) is 12.4. The van der Waals surface area contributed by atoms with E-state index in [4.69, 9.17) is 9.72 Å². The van der Waals surface area contributed by atoms with Crippen LogP contribution in [0, 0.1) is 11.8 Å². The number of rotatable bonds is 5. The van der Waals surface area contributed by atoms with E-state index in [0.29, 0.717) is 36.6 Å². The largest absolute Gasteiger partial charge is 0.477 e. The summed E-state index contributed by atoms with van der Waals surface area (Å²) < 4.78 is 37.4. The number of hydrogen-bond donors (Lipinski definition) is 1. The summed E-state index contributed by atoms with van der Waals surface area (Å²) in [4.78, 5) is 20.5. The molecule has 1 atom stereocenters. The molecule has 214 valence electrons. The van der Waals surface area contributed by atoms with Gasteiger partial charge >= 0.3 is 0 Å². The van der Waals surface area contributed by atoms with Gasteiger partial charge in [0.15, 0.2) is 10.8 Å². The van der Waals surface area contributed by atoms with Gasteiger partial charge in [-0.1, -0.05) is 25.7 Å². The second kappa shape index (κ2) is 10.5. The van der Waals surface area contributed by atoms with Crippen molar-refractivity contribution in [1.82, 2.24) is 29.3 Å². The fourth-order valence-corrected chi connectivity index (χ4v) is 7.34. The number of nitrogens with zero attached hydrogens (tertiary/aromatic N) is 6. The zero-order chi connectivity index (χ0) is 27.9. The minimum absolute atomic E-state index is 0.176. The molecule has 5 heterocycles. The van der Waals surface area contributed by atoms with Crippen LogP contribution in [0.3, 0.4) is 0 Å². The number of amides is 1. The third-order valence-corrected chi connectivity index (χ3v) is 9.71. The molecule has 40 heavy (non-hydrogen) atoms. The van der Waals surface area contributed by atoms with Crippen LogP contribution >= 0.6 is 0 Å². The van der Waals surface area contributed by atoms with Gasteiger partial charge in [-0.25, -0.2) is 14.4 Å². The second-order valence-corrected chi connectivity index (χ2v) is 13.5. The number of carbonyl (C=O) groups excluding carboxylic acids is 1. The standard InChI is InChI=1S/C28H37N7O4S/c1-28(2)18-21-8-5-14-33-15-12-25(31-33)40(37,38)32-27(36)22-9-10-23(29-26(22)34(28)19-21)35-16-11-24(30-35)39-17-13-20-6-3-4-7-20/h9-12,15-16,20-21H,3-8,13-14,17-19H2,1-2H3,(H,32,36). The Bertz CT molecular complexity index is 1490. The lowest BCUT2D eigenvalue weighted by Gasteiger charge is -2.34. The maximum atomic E-state index is 13.4. The van der Waals surface area contributed by atoms with Crippen molar-refractivity contribution in [2.45, 2.75) is 82.3 Å². The number of ether oxygens (including phenoxy) is 1. The number of sulfonamides is 1. The summed E-state index contributed by atoms with van der Waals surface area (Å²) in [5, 5.41) is 8.59. The van der Waals surface area contributed by atoms with Crippen LogP contribution in [-0.4, -0.2) is 57.6 Å². The molecule has 3 aromatic rings. The highest BCUT2D eigenvalue weighted by atomic mass is 32.2. The van der Waals surface area contributed by atoms with E-state index in [1.807, 2.05) is 6.07 Å². The van der Waals surface area contributed by atoms with Crippen molar-refractivity contribution >= 4 is 21.7 Å². The molecule has 2 fully saturated rings. The van der Waals surface area contributed by atoms with Gasteiger partial charge in [-0.15, -0.1) is 5.10 Å². The van der Waals surface area contributed by atoms with Gasteiger partial charge in [0.25, 0.3) is 15.9 Å². The zero-order valence-corrected chi connectivity index (χ0v) is 23.9. The lowest BCUT2D eigenvalue weighted by atomic mass is 9.93. The minimum atomic E-state index is -4.15. The van der Waals surface area contributed by atoms with Crippen LogP contribution in [0.25, 0.3) is 5.82 Å². The van der Waals surface area contributed by atoms with Crippen LogP contribution in [0.1, 0.15) is 75.6 Å². The Labute approximate surface area is 235 Å². The van der Waals surface area contributed by atoms with E-state index in [9.17, 15) is 13.2 Å². The molecule has 1 amide bonds. The molecule has 2 aliphatic heterocycles. The van der Waals surface area contributed by atoms with Gasteiger partial charge in [0.1, 0.15) is 5.82 Å². The highest BCUT2D eigenvalue weighted by Gasteiger charge is 2.41. The van der Waals surface area contributed by atoms with Crippen LogP contribution in [0.2, 0.25) is 0 Å². The molecule has 1 N–H and O–H groups in total. The minimum Gasteiger partial charge on any atom is -0.477 e. The number of fused-ring (bicyclic) bond motifs is 6. The van der Waals surface area contributed by atoms with Crippen molar-refractivity contribution in [3.8, 4) is 11.7 Å². The van der Waals surface area contributed by atoms with E-state index in [-0.39, 0.29) is 16.1 Å². The fraction of sp³-hybridized carbons (Fsp3) is 0.571. The number of anilines is 1. The van der Waals surface area contributed by atoms with Gasteiger partial charge in [0, 0.05) is 37.1 Å². The first kappa shape index (κ1) is 26.8. The highest BCUT2D eigenvalue weighted by molar-refractivity contribution is 7.90. The summed E-state index contributed by atoms with van der Waals surface area (Å²) in [7, 11) is -4.15. The Hall–Kier alpha value is -3.41. The van der Waals surface area contributed by atoms with Crippen molar-refractivity contribution in [3.63, 3.8) is 0 Å². The predicted molar refractivity (Wildman–Crippen MR) is 149 cm³/mol. The molecule has 1 aliphatic carbocycles. The average molecular weight is 568 g/mol. The normalized spacial score (nSPS) is 22.5. The highest BCUT2D eigenvalue weighted by Crippen LogP contribution is 2.40. The molecule has 6 rings (SSSR count). The maximum Gasteiger partial charge on any atom is 0.283 e. The van der Waals surface area contributed by atoms with Crippen LogP contribution in [-0.2, 0) is 16.6 Å². The first-order valence-electron chi connectivity index (χ1n) is 14.3. The van der Waals surface area contributed by atoms with Crippen molar-refractivity contribution in [3.05, 3.63) is 42.2 Å².